The van der Waals surface area contributed by atoms with Crippen molar-refractivity contribution in [2.45, 2.75) is 41.5 Å². The summed E-state index contributed by atoms with van der Waals surface area (Å²) in [6, 6.07) is 0. The molecule has 0 radical (unpaired) electrons. The molecule has 0 heterocycles. The molecule has 1 nitrogen and oxygen atoms in total. The maximum atomic E-state index is 4.39. The van der Waals surface area contributed by atoms with Crippen molar-refractivity contribution in [1.82, 2.24) is 0 Å². The smallest absolute Gasteiger partial charge is 0.0434 e. The molecule has 0 atom stereocenters. The normalized spacial score (nSPS) is 14.4. The Kier molecular flexibility index (Phi) is 3.28. The summed E-state index contributed by atoms with van der Waals surface area (Å²) in [5.74, 6) is 0. The van der Waals surface area contributed by atoms with Crippen molar-refractivity contribution in [2.24, 2.45) is 15.8 Å². The highest BCUT2D eigenvalue weighted by Gasteiger charge is 2.09. The average molecular weight is 155 g/mol. The predicted molar refractivity (Wildman–Crippen MR) is 52.3 cm³/mol. The molecule has 0 amide bonds. The molecule has 0 aromatic rings. The van der Waals surface area contributed by atoms with Crippen LogP contribution >= 0.6 is 0 Å². The Morgan fingerprint density at radius 2 is 1.45 bits per heavy atom. The molecule has 11 heavy (non-hydrogen) atoms. The van der Waals surface area contributed by atoms with Crippen LogP contribution in [0.25, 0.3) is 0 Å². The molecule has 0 N–H and O–H groups in total. The largest absolute Gasteiger partial charge is 0.296 e. The minimum Gasteiger partial charge on any atom is -0.296 e. The summed E-state index contributed by atoms with van der Waals surface area (Å²) in [7, 11) is 0. The zero-order valence-corrected chi connectivity index (χ0v) is 8.73. The molecule has 0 spiro atoms. The Bertz CT molecular complexity index is 132. The van der Waals surface area contributed by atoms with E-state index in [4.69, 9.17) is 0 Å². The van der Waals surface area contributed by atoms with Crippen molar-refractivity contribution in [1.29, 1.82) is 0 Å². The third kappa shape index (κ3) is 9.67. The number of nitrogens with zero attached hydrogens (tertiary/aromatic N) is 1. The first-order valence-corrected chi connectivity index (χ1v) is 4.22. The van der Waals surface area contributed by atoms with Crippen molar-refractivity contribution in [2.75, 3.05) is 6.54 Å². The first-order valence-electron chi connectivity index (χ1n) is 4.22. The van der Waals surface area contributed by atoms with Gasteiger partial charge < -0.3 is 0 Å². The van der Waals surface area contributed by atoms with Crippen molar-refractivity contribution in [3.8, 4) is 0 Å². The predicted octanol–water partition coefficient (Wildman–Crippen LogP) is 3.15. The van der Waals surface area contributed by atoms with E-state index in [1.807, 2.05) is 6.21 Å². The molecular weight excluding hydrogens is 134 g/mol. The van der Waals surface area contributed by atoms with Gasteiger partial charge in [-0.15, -0.1) is 0 Å². The van der Waals surface area contributed by atoms with Gasteiger partial charge in [-0.2, -0.15) is 0 Å². The Labute approximate surface area is 70.9 Å². The quantitative estimate of drug-likeness (QED) is 0.516. The van der Waals surface area contributed by atoms with Gasteiger partial charge in [0.05, 0.1) is 0 Å². The lowest BCUT2D eigenvalue weighted by Crippen LogP contribution is -2.12. The van der Waals surface area contributed by atoms with E-state index >= 15 is 0 Å². The van der Waals surface area contributed by atoms with Crippen LogP contribution in [-0.4, -0.2) is 12.8 Å². The maximum absolute atomic E-state index is 4.39. The summed E-state index contributed by atoms with van der Waals surface area (Å²) in [5.41, 5.74) is 0.549. The lowest BCUT2D eigenvalue weighted by Gasteiger charge is -2.16. The zero-order valence-electron chi connectivity index (χ0n) is 8.73. The van der Waals surface area contributed by atoms with Gasteiger partial charge in [0.15, 0.2) is 0 Å². The summed E-state index contributed by atoms with van der Waals surface area (Å²) >= 11 is 0. The lowest BCUT2D eigenvalue weighted by molar-refractivity contribution is 0.428. The average Bonchev–Trinajstić information content (AvgIpc) is 1.55. The van der Waals surface area contributed by atoms with Gasteiger partial charge in [0, 0.05) is 12.8 Å². The fourth-order valence-corrected chi connectivity index (χ4v) is 0.593. The van der Waals surface area contributed by atoms with Crippen molar-refractivity contribution in [3.05, 3.63) is 0 Å². The van der Waals surface area contributed by atoms with Gasteiger partial charge in [0.25, 0.3) is 0 Å². The van der Waals surface area contributed by atoms with Crippen molar-refractivity contribution >= 4 is 6.21 Å². The molecule has 66 valence electrons. The third-order valence-corrected chi connectivity index (χ3v) is 1.04. The molecule has 0 aliphatic carbocycles. The number of hydrogen-bond donors (Lipinski definition) is 0. The molecule has 0 saturated carbocycles. The fraction of sp³-hybridized carbons (Fsp3) is 0.900. The van der Waals surface area contributed by atoms with Gasteiger partial charge in [0.1, 0.15) is 0 Å². The van der Waals surface area contributed by atoms with E-state index in [1.54, 1.807) is 0 Å². The number of aliphatic imine (C=N–C) groups is 1. The highest BCUT2D eigenvalue weighted by molar-refractivity contribution is 5.63. The van der Waals surface area contributed by atoms with E-state index in [1.165, 1.54) is 0 Å². The molecule has 0 aromatic carbocycles. The van der Waals surface area contributed by atoms with Gasteiger partial charge >= 0.3 is 0 Å². The molecule has 0 bridgehead atoms. The second-order valence-electron chi connectivity index (χ2n) is 5.40. The Hall–Kier alpha value is -0.330. The zero-order chi connectivity index (χ0) is 9.12. The molecule has 0 saturated heterocycles. The van der Waals surface area contributed by atoms with Gasteiger partial charge in [-0.05, 0) is 10.8 Å². The lowest BCUT2D eigenvalue weighted by atomic mass is 9.96. The minimum absolute atomic E-state index is 0.227. The Balaban J connectivity index is 3.80. The van der Waals surface area contributed by atoms with Crippen LogP contribution in [0.3, 0.4) is 0 Å². The summed E-state index contributed by atoms with van der Waals surface area (Å²) in [4.78, 5) is 4.39. The SMILES string of the molecule is CC(C)(C)/C=N\CC(C)(C)C. The second-order valence-corrected chi connectivity index (χ2v) is 5.40. The van der Waals surface area contributed by atoms with Gasteiger partial charge in [-0.1, -0.05) is 41.5 Å². The van der Waals surface area contributed by atoms with E-state index in [0.29, 0.717) is 5.41 Å². The third-order valence-electron chi connectivity index (χ3n) is 1.04. The van der Waals surface area contributed by atoms with Gasteiger partial charge in [-0.3, -0.25) is 4.99 Å². The van der Waals surface area contributed by atoms with Crippen LogP contribution in [0.15, 0.2) is 4.99 Å². The summed E-state index contributed by atoms with van der Waals surface area (Å²) in [5, 5.41) is 0. The molecule has 0 unspecified atom stereocenters. The number of hydrogen-bond acceptors (Lipinski definition) is 1. The minimum atomic E-state index is 0.227. The van der Waals surface area contributed by atoms with E-state index < -0.39 is 0 Å². The van der Waals surface area contributed by atoms with E-state index in [2.05, 4.69) is 46.5 Å². The molecule has 0 rings (SSSR count). The standard InChI is InChI=1S/C10H21N/c1-9(2,3)7-11-8-10(4,5)6/h7H,8H2,1-6H3/b11-7-. The van der Waals surface area contributed by atoms with Crippen molar-refractivity contribution < 1.29 is 0 Å². The van der Waals surface area contributed by atoms with Crippen LogP contribution in [0.4, 0.5) is 0 Å². The molecule has 0 aliphatic heterocycles. The first kappa shape index (κ1) is 10.7. The Morgan fingerprint density at radius 3 is 1.73 bits per heavy atom. The molecule has 0 aromatic heterocycles. The van der Waals surface area contributed by atoms with E-state index in [0.717, 1.165) is 6.54 Å². The topological polar surface area (TPSA) is 12.4 Å². The first-order chi connectivity index (χ1) is 4.71. The summed E-state index contributed by atoms with van der Waals surface area (Å²) in [6.45, 7) is 14.0. The second kappa shape index (κ2) is 3.38. The van der Waals surface area contributed by atoms with Gasteiger partial charge in [0.2, 0.25) is 0 Å². The maximum Gasteiger partial charge on any atom is 0.0434 e. The van der Waals surface area contributed by atoms with E-state index in [-0.39, 0.29) is 5.41 Å². The number of rotatable bonds is 1. The van der Waals surface area contributed by atoms with E-state index in [9.17, 15) is 0 Å². The van der Waals surface area contributed by atoms with Crippen LogP contribution < -0.4 is 0 Å². The fourth-order valence-electron chi connectivity index (χ4n) is 0.593. The van der Waals surface area contributed by atoms with Crippen LogP contribution in [0, 0.1) is 10.8 Å². The summed E-state index contributed by atoms with van der Waals surface area (Å²) < 4.78 is 0. The highest BCUT2D eigenvalue weighted by Crippen LogP contribution is 2.14. The van der Waals surface area contributed by atoms with Crippen LogP contribution in [-0.2, 0) is 0 Å². The Morgan fingerprint density at radius 1 is 1.00 bits per heavy atom. The molecule has 1 heteroatoms. The van der Waals surface area contributed by atoms with Crippen LogP contribution in [0.2, 0.25) is 0 Å². The monoisotopic (exact) mass is 155 g/mol. The van der Waals surface area contributed by atoms with Crippen LogP contribution in [0.5, 0.6) is 0 Å². The van der Waals surface area contributed by atoms with Crippen LogP contribution in [0.1, 0.15) is 41.5 Å². The highest BCUT2D eigenvalue weighted by atomic mass is 14.7. The molecule has 0 aliphatic rings. The molecule has 0 fully saturated rings. The molecular formula is C10H21N. The summed E-state index contributed by atoms with van der Waals surface area (Å²) in [6.07, 6.45) is 2.04. The van der Waals surface area contributed by atoms with Crippen molar-refractivity contribution in [3.63, 3.8) is 0 Å². The van der Waals surface area contributed by atoms with Gasteiger partial charge in [-0.25, -0.2) is 0 Å².